The SMILES string of the molecule is O=C1c2ccccc2C(=O)c2c1cc(O)c([N+](=O)[O-])c2Br. The molecule has 0 radical (unpaired) electrons. The van der Waals surface area contributed by atoms with E-state index in [1.165, 1.54) is 12.1 Å². The molecule has 0 saturated heterocycles. The van der Waals surface area contributed by atoms with Crippen LogP contribution in [0.2, 0.25) is 0 Å². The molecule has 0 bridgehead atoms. The van der Waals surface area contributed by atoms with Crippen molar-refractivity contribution in [1.29, 1.82) is 0 Å². The fraction of sp³-hybridized carbons (Fsp3) is 0. The van der Waals surface area contributed by atoms with E-state index >= 15 is 0 Å². The Labute approximate surface area is 126 Å². The van der Waals surface area contributed by atoms with Gasteiger partial charge >= 0.3 is 5.69 Å². The van der Waals surface area contributed by atoms with E-state index in [4.69, 9.17) is 0 Å². The second-order valence-corrected chi connectivity index (χ2v) is 5.23. The Balaban J connectivity index is 2.39. The molecule has 3 rings (SSSR count). The molecule has 0 aliphatic heterocycles. The van der Waals surface area contributed by atoms with Crippen molar-refractivity contribution in [3.05, 3.63) is 67.2 Å². The quantitative estimate of drug-likeness (QED) is 0.539. The smallest absolute Gasteiger partial charge is 0.325 e. The molecule has 0 spiro atoms. The fourth-order valence-electron chi connectivity index (χ4n) is 2.36. The van der Waals surface area contributed by atoms with Gasteiger partial charge in [-0.05, 0) is 22.0 Å². The zero-order valence-electron chi connectivity index (χ0n) is 10.3. The molecule has 21 heavy (non-hydrogen) atoms. The predicted molar refractivity (Wildman–Crippen MR) is 75.8 cm³/mol. The van der Waals surface area contributed by atoms with E-state index in [1.54, 1.807) is 12.1 Å². The molecule has 1 aliphatic rings. The number of carbonyl (C=O) groups is 2. The molecule has 2 aromatic rings. The standard InChI is InChI=1S/C14H6BrNO5/c15-11-10-8(5-9(17)12(11)16(20)21)13(18)6-3-1-2-4-7(6)14(10)19/h1-5,17H. The number of carbonyl (C=O) groups excluding carboxylic acids is 2. The summed E-state index contributed by atoms with van der Waals surface area (Å²) in [5, 5.41) is 20.7. The second-order valence-electron chi connectivity index (χ2n) is 4.44. The normalized spacial score (nSPS) is 12.8. The Hall–Kier alpha value is -2.54. The van der Waals surface area contributed by atoms with Gasteiger partial charge in [-0.15, -0.1) is 0 Å². The largest absolute Gasteiger partial charge is 0.502 e. The van der Waals surface area contributed by atoms with E-state index in [0.717, 1.165) is 6.07 Å². The van der Waals surface area contributed by atoms with Crippen LogP contribution in [0.25, 0.3) is 0 Å². The van der Waals surface area contributed by atoms with Crippen molar-refractivity contribution in [1.82, 2.24) is 0 Å². The van der Waals surface area contributed by atoms with Crippen LogP contribution in [-0.4, -0.2) is 21.6 Å². The molecular weight excluding hydrogens is 342 g/mol. The van der Waals surface area contributed by atoms with Gasteiger partial charge in [0.25, 0.3) is 0 Å². The van der Waals surface area contributed by atoms with Crippen molar-refractivity contribution in [2.24, 2.45) is 0 Å². The zero-order chi connectivity index (χ0) is 15.3. The summed E-state index contributed by atoms with van der Waals surface area (Å²) in [5.41, 5.74) is -0.364. The first-order chi connectivity index (χ1) is 9.93. The van der Waals surface area contributed by atoms with E-state index in [0.29, 0.717) is 0 Å². The van der Waals surface area contributed by atoms with Gasteiger partial charge < -0.3 is 5.11 Å². The highest BCUT2D eigenvalue weighted by Gasteiger charge is 2.36. The van der Waals surface area contributed by atoms with Crippen LogP contribution < -0.4 is 0 Å². The number of nitro benzene ring substituents is 1. The van der Waals surface area contributed by atoms with Crippen molar-refractivity contribution in [2.75, 3.05) is 0 Å². The van der Waals surface area contributed by atoms with E-state index in [1.807, 2.05) is 0 Å². The number of fused-ring (bicyclic) bond motifs is 2. The predicted octanol–water partition coefficient (Wildman–Crippen LogP) is 2.84. The van der Waals surface area contributed by atoms with Gasteiger partial charge in [0.2, 0.25) is 0 Å². The molecule has 0 saturated carbocycles. The minimum absolute atomic E-state index is 0.0475. The number of aromatic hydroxyl groups is 1. The van der Waals surface area contributed by atoms with Gasteiger partial charge in [0.15, 0.2) is 17.3 Å². The average Bonchev–Trinajstić information content (AvgIpc) is 2.44. The monoisotopic (exact) mass is 347 g/mol. The van der Waals surface area contributed by atoms with Gasteiger partial charge in [0.1, 0.15) is 4.47 Å². The minimum Gasteiger partial charge on any atom is -0.502 e. The van der Waals surface area contributed by atoms with Crippen LogP contribution in [0.5, 0.6) is 5.75 Å². The number of halogens is 1. The number of hydrogen-bond acceptors (Lipinski definition) is 5. The van der Waals surface area contributed by atoms with Gasteiger partial charge in [0, 0.05) is 16.7 Å². The first-order valence-electron chi connectivity index (χ1n) is 5.81. The molecule has 6 nitrogen and oxygen atoms in total. The van der Waals surface area contributed by atoms with Crippen molar-refractivity contribution in [3.63, 3.8) is 0 Å². The molecule has 0 unspecified atom stereocenters. The lowest BCUT2D eigenvalue weighted by Gasteiger charge is -2.18. The number of nitrogens with zero attached hydrogens (tertiary/aromatic N) is 1. The van der Waals surface area contributed by atoms with Crippen molar-refractivity contribution in [3.8, 4) is 5.75 Å². The number of phenols is 1. The van der Waals surface area contributed by atoms with Gasteiger partial charge in [-0.1, -0.05) is 24.3 Å². The lowest BCUT2D eigenvalue weighted by atomic mass is 9.83. The number of ketones is 2. The Morgan fingerprint density at radius 2 is 1.62 bits per heavy atom. The molecule has 0 heterocycles. The first kappa shape index (κ1) is 13.4. The average molecular weight is 348 g/mol. The second kappa shape index (κ2) is 4.49. The summed E-state index contributed by atoms with van der Waals surface area (Å²) in [7, 11) is 0. The summed E-state index contributed by atoms with van der Waals surface area (Å²) >= 11 is 2.96. The first-order valence-corrected chi connectivity index (χ1v) is 6.61. The van der Waals surface area contributed by atoms with Gasteiger partial charge in [-0.2, -0.15) is 0 Å². The lowest BCUT2D eigenvalue weighted by Crippen LogP contribution is -2.21. The number of hydrogen-bond donors (Lipinski definition) is 1. The Morgan fingerprint density at radius 1 is 1.05 bits per heavy atom. The van der Waals surface area contributed by atoms with Crippen molar-refractivity contribution in [2.45, 2.75) is 0 Å². The number of phenolic OH excluding ortho intramolecular Hbond substituents is 1. The van der Waals surface area contributed by atoms with Crippen LogP contribution in [0.4, 0.5) is 5.69 Å². The van der Waals surface area contributed by atoms with E-state index < -0.39 is 27.9 Å². The third kappa shape index (κ3) is 1.78. The van der Waals surface area contributed by atoms with Crippen LogP contribution in [0.15, 0.2) is 34.8 Å². The molecule has 0 atom stereocenters. The maximum atomic E-state index is 12.5. The summed E-state index contributed by atoms with van der Waals surface area (Å²) < 4.78 is -0.185. The van der Waals surface area contributed by atoms with Gasteiger partial charge in [-0.25, -0.2) is 0 Å². The molecule has 7 heteroatoms. The third-order valence-electron chi connectivity index (χ3n) is 3.29. The van der Waals surface area contributed by atoms with Gasteiger partial charge in [0.05, 0.1) is 10.5 Å². The molecular formula is C14H6BrNO5. The highest BCUT2D eigenvalue weighted by atomic mass is 79.9. The van der Waals surface area contributed by atoms with Gasteiger partial charge in [-0.3, -0.25) is 19.7 Å². The summed E-state index contributed by atoms with van der Waals surface area (Å²) in [5.74, 6) is -1.60. The lowest BCUT2D eigenvalue weighted by molar-refractivity contribution is -0.386. The number of rotatable bonds is 1. The molecule has 0 aromatic heterocycles. The Bertz CT molecular complexity index is 843. The fourth-order valence-corrected chi connectivity index (χ4v) is 3.10. The van der Waals surface area contributed by atoms with Crippen molar-refractivity contribution < 1.29 is 19.6 Å². The van der Waals surface area contributed by atoms with Crippen LogP contribution >= 0.6 is 15.9 Å². The summed E-state index contributed by atoms with van der Waals surface area (Å²) in [6.07, 6.45) is 0. The Kier molecular flexibility index (Phi) is 2.87. The van der Waals surface area contributed by atoms with E-state index in [9.17, 15) is 24.8 Å². The van der Waals surface area contributed by atoms with E-state index in [2.05, 4.69) is 15.9 Å². The summed E-state index contributed by atoms with van der Waals surface area (Å²) in [6, 6.07) is 7.19. The highest BCUT2D eigenvalue weighted by molar-refractivity contribution is 9.10. The van der Waals surface area contributed by atoms with Crippen LogP contribution in [0, 0.1) is 10.1 Å². The highest BCUT2D eigenvalue weighted by Crippen LogP contribution is 2.42. The zero-order valence-corrected chi connectivity index (χ0v) is 11.9. The topological polar surface area (TPSA) is 97.5 Å². The van der Waals surface area contributed by atoms with Crippen LogP contribution in [0.1, 0.15) is 31.8 Å². The molecule has 1 N–H and O–H groups in total. The van der Waals surface area contributed by atoms with E-state index in [-0.39, 0.29) is 26.7 Å². The number of benzene rings is 2. The Morgan fingerprint density at radius 3 is 2.19 bits per heavy atom. The summed E-state index contributed by atoms with van der Waals surface area (Å²) in [6.45, 7) is 0. The number of nitro groups is 1. The molecule has 1 aliphatic carbocycles. The maximum absolute atomic E-state index is 12.5. The van der Waals surface area contributed by atoms with Crippen LogP contribution in [0.3, 0.4) is 0 Å². The third-order valence-corrected chi connectivity index (χ3v) is 4.06. The molecule has 104 valence electrons. The van der Waals surface area contributed by atoms with Crippen LogP contribution in [-0.2, 0) is 0 Å². The maximum Gasteiger partial charge on any atom is 0.325 e. The van der Waals surface area contributed by atoms with Crippen molar-refractivity contribution >= 4 is 33.2 Å². The molecule has 0 fully saturated rings. The molecule has 0 amide bonds. The minimum atomic E-state index is -0.808. The molecule has 2 aromatic carbocycles. The summed E-state index contributed by atoms with van der Waals surface area (Å²) in [4.78, 5) is 35.0.